The van der Waals surface area contributed by atoms with E-state index < -0.39 is 6.10 Å². The van der Waals surface area contributed by atoms with Crippen molar-refractivity contribution in [1.82, 2.24) is 4.90 Å². The van der Waals surface area contributed by atoms with Gasteiger partial charge < -0.3 is 14.6 Å². The van der Waals surface area contributed by atoms with Crippen LogP contribution in [0.15, 0.2) is 0 Å². The van der Waals surface area contributed by atoms with Crippen LogP contribution in [0.2, 0.25) is 0 Å². The van der Waals surface area contributed by atoms with Gasteiger partial charge in [0.1, 0.15) is 0 Å². The summed E-state index contributed by atoms with van der Waals surface area (Å²) in [6.45, 7) is 11.1. The number of morpholine rings is 1. The van der Waals surface area contributed by atoms with E-state index in [2.05, 4.69) is 11.8 Å². The number of rotatable bonds is 5. The Labute approximate surface area is 117 Å². The van der Waals surface area contributed by atoms with E-state index in [1.54, 1.807) is 0 Å². The molecule has 3 atom stereocenters. The molecule has 1 aliphatic carbocycles. The number of hydrogen-bond acceptors (Lipinski definition) is 4. The Morgan fingerprint density at radius 3 is 2.58 bits per heavy atom. The molecular formula is C15H29NO3. The van der Waals surface area contributed by atoms with Gasteiger partial charge in [0.05, 0.1) is 30.5 Å². The SMILES string of the molecule is C[C@@H]1CN(C[C@H](O)COC(C)(C)C)C[C@@H](C2CC2)O1. The third kappa shape index (κ3) is 5.38. The first-order chi connectivity index (χ1) is 8.83. The van der Waals surface area contributed by atoms with E-state index in [1.807, 2.05) is 20.8 Å². The van der Waals surface area contributed by atoms with Crippen LogP contribution in [-0.2, 0) is 9.47 Å². The number of nitrogens with zero attached hydrogens (tertiary/aromatic N) is 1. The zero-order valence-electron chi connectivity index (χ0n) is 12.8. The van der Waals surface area contributed by atoms with Crippen LogP contribution in [-0.4, -0.2) is 60.2 Å². The molecule has 0 bridgehead atoms. The van der Waals surface area contributed by atoms with Crippen molar-refractivity contribution in [2.75, 3.05) is 26.2 Å². The van der Waals surface area contributed by atoms with E-state index in [4.69, 9.17) is 9.47 Å². The summed E-state index contributed by atoms with van der Waals surface area (Å²) < 4.78 is 11.6. The van der Waals surface area contributed by atoms with E-state index >= 15 is 0 Å². The van der Waals surface area contributed by atoms with Crippen molar-refractivity contribution in [3.05, 3.63) is 0 Å². The van der Waals surface area contributed by atoms with Crippen molar-refractivity contribution in [2.24, 2.45) is 5.92 Å². The van der Waals surface area contributed by atoms with Gasteiger partial charge in [0.15, 0.2) is 0 Å². The van der Waals surface area contributed by atoms with Crippen molar-refractivity contribution in [3.8, 4) is 0 Å². The zero-order chi connectivity index (χ0) is 14.0. The fourth-order valence-electron chi connectivity index (χ4n) is 2.65. The predicted octanol–water partition coefficient (Wildman–Crippen LogP) is 1.66. The molecule has 0 aromatic heterocycles. The second kappa shape index (κ2) is 6.08. The molecule has 1 aliphatic heterocycles. The second-order valence-electron chi connectivity index (χ2n) is 7.12. The maximum atomic E-state index is 10.1. The second-order valence-corrected chi connectivity index (χ2v) is 7.12. The van der Waals surface area contributed by atoms with Crippen LogP contribution < -0.4 is 0 Å². The van der Waals surface area contributed by atoms with Crippen LogP contribution in [0.5, 0.6) is 0 Å². The molecule has 0 unspecified atom stereocenters. The van der Waals surface area contributed by atoms with Gasteiger partial charge in [-0.2, -0.15) is 0 Å². The number of aliphatic hydroxyl groups excluding tert-OH is 1. The van der Waals surface area contributed by atoms with Crippen LogP contribution in [0.4, 0.5) is 0 Å². The Bertz CT molecular complexity index is 286. The molecule has 0 aromatic rings. The summed E-state index contributed by atoms with van der Waals surface area (Å²) in [5, 5.41) is 10.1. The highest BCUT2D eigenvalue weighted by Crippen LogP contribution is 2.36. The molecule has 1 N–H and O–H groups in total. The molecule has 4 heteroatoms. The Balaban J connectivity index is 1.74. The first-order valence-electron chi connectivity index (χ1n) is 7.53. The maximum absolute atomic E-state index is 10.1. The molecule has 0 spiro atoms. The molecule has 0 amide bonds. The van der Waals surface area contributed by atoms with E-state index in [0.29, 0.717) is 19.3 Å². The number of aliphatic hydroxyl groups is 1. The Morgan fingerprint density at radius 2 is 2.00 bits per heavy atom. The lowest BCUT2D eigenvalue weighted by molar-refractivity contribution is -0.104. The van der Waals surface area contributed by atoms with Crippen molar-refractivity contribution >= 4 is 0 Å². The summed E-state index contributed by atoms with van der Waals surface area (Å²) >= 11 is 0. The van der Waals surface area contributed by atoms with Crippen LogP contribution in [0.3, 0.4) is 0 Å². The molecular weight excluding hydrogens is 242 g/mol. The lowest BCUT2D eigenvalue weighted by Crippen LogP contribution is -2.50. The van der Waals surface area contributed by atoms with E-state index in [-0.39, 0.29) is 11.7 Å². The number of ether oxygens (including phenoxy) is 2. The first-order valence-corrected chi connectivity index (χ1v) is 7.53. The van der Waals surface area contributed by atoms with Crippen molar-refractivity contribution in [3.63, 3.8) is 0 Å². The fraction of sp³-hybridized carbons (Fsp3) is 1.00. The number of β-amino-alcohol motifs (C(OH)–C–C–N with tert-alkyl or cyclic N) is 1. The maximum Gasteiger partial charge on any atom is 0.0900 e. The molecule has 19 heavy (non-hydrogen) atoms. The number of hydrogen-bond donors (Lipinski definition) is 1. The van der Waals surface area contributed by atoms with Crippen LogP contribution in [0.25, 0.3) is 0 Å². The van der Waals surface area contributed by atoms with Gasteiger partial charge in [0.25, 0.3) is 0 Å². The molecule has 1 saturated heterocycles. The van der Waals surface area contributed by atoms with Crippen molar-refractivity contribution in [2.45, 2.75) is 64.4 Å². The van der Waals surface area contributed by atoms with Gasteiger partial charge >= 0.3 is 0 Å². The summed E-state index contributed by atoms with van der Waals surface area (Å²) in [4.78, 5) is 2.33. The van der Waals surface area contributed by atoms with Gasteiger partial charge in [-0.05, 0) is 46.5 Å². The standard InChI is InChI=1S/C15H29NO3/c1-11-7-16(9-14(19-11)12-5-6-12)8-13(17)10-18-15(2,3)4/h11-14,17H,5-10H2,1-4H3/t11-,13+,14+/m1/s1. The van der Waals surface area contributed by atoms with E-state index in [9.17, 15) is 5.11 Å². The normalized spacial score (nSPS) is 31.4. The lowest BCUT2D eigenvalue weighted by Gasteiger charge is -2.38. The highest BCUT2D eigenvalue weighted by Gasteiger charge is 2.37. The summed E-state index contributed by atoms with van der Waals surface area (Å²) in [6.07, 6.45) is 2.85. The monoisotopic (exact) mass is 271 g/mol. The molecule has 1 heterocycles. The summed E-state index contributed by atoms with van der Waals surface area (Å²) in [6, 6.07) is 0. The van der Waals surface area contributed by atoms with Gasteiger partial charge in [0, 0.05) is 19.6 Å². The average Bonchev–Trinajstić information content (AvgIpc) is 3.08. The minimum absolute atomic E-state index is 0.185. The molecule has 4 nitrogen and oxygen atoms in total. The van der Waals surface area contributed by atoms with Crippen molar-refractivity contribution < 1.29 is 14.6 Å². The smallest absolute Gasteiger partial charge is 0.0900 e. The van der Waals surface area contributed by atoms with Gasteiger partial charge in [-0.1, -0.05) is 0 Å². The van der Waals surface area contributed by atoms with Gasteiger partial charge in [-0.15, -0.1) is 0 Å². The highest BCUT2D eigenvalue weighted by molar-refractivity contribution is 4.88. The highest BCUT2D eigenvalue weighted by atomic mass is 16.5. The summed E-state index contributed by atoms with van der Waals surface area (Å²) in [7, 11) is 0. The Morgan fingerprint density at radius 1 is 1.32 bits per heavy atom. The van der Waals surface area contributed by atoms with Crippen LogP contribution in [0, 0.1) is 5.92 Å². The fourth-order valence-corrected chi connectivity index (χ4v) is 2.65. The van der Waals surface area contributed by atoms with E-state index in [1.165, 1.54) is 12.8 Å². The summed E-state index contributed by atoms with van der Waals surface area (Å²) in [5.41, 5.74) is -0.185. The molecule has 2 fully saturated rings. The molecule has 2 rings (SSSR count). The minimum atomic E-state index is -0.413. The largest absolute Gasteiger partial charge is 0.389 e. The van der Waals surface area contributed by atoms with Crippen LogP contribution >= 0.6 is 0 Å². The van der Waals surface area contributed by atoms with Crippen molar-refractivity contribution in [1.29, 1.82) is 0 Å². The lowest BCUT2D eigenvalue weighted by atomic mass is 10.1. The van der Waals surface area contributed by atoms with Gasteiger partial charge in [0.2, 0.25) is 0 Å². The first kappa shape index (κ1) is 15.2. The zero-order valence-corrected chi connectivity index (χ0v) is 12.8. The van der Waals surface area contributed by atoms with Gasteiger partial charge in [-0.25, -0.2) is 0 Å². The molecule has 0 aromatic carbocycles. The quantitative estimate of drug-likeness (QED) is 0.826. The van der Waals surface area contributed by atoms with Crippen LogP contribution in [0.1, 0.15) is 40.5 Å². The predicted molar refractivity (Wildman–Crippen MR) is 75.2 cm³/mol. The third-order valence-corrected chi connectivity index (χ3v) is 3.69. The minimum Gasteiger partial charge on any atom is -0.389 e. The van der Waals surface area contributed by atoms with E-state index in [0.717, 1.165) is 19.0 Å². The average molecular weight is 271 g/mol. The molecule has 0 radical (unpaired) electrons. The topological polar surface area (TPSA) is 41.9 Å². The van der Waals surface area contributed by atoms with Gasteiger partial charge in [-0.3, -0.25) is 4.90 Å². The summed E-state index contributed by atoms with van der Waals surface area (Å²) in [5.74, 6) is 0.758. The molecule has 112 valence electrons. The molecule has 2 aliphatic rings. The molecule has 1 saturated carbocycles. The third-order valence-electron chi connectivity index (χ3n) is 3.69. The Kier molecular flexibility index (Phi) is 4.88. The Hall–Kier alpha value is -0.160.